The molecule has 3 heteroatoms. The Morgan fingerprint density at radius 2 is 1.55 bits per heavy atom. The number of thioether (sulfide) groups is 1. The van der Waals surface area contributed by atoms with Crippen molar-refractivity contribution in [1.82, 2.24) is 5.32 Å². The number of rotatable bonds is 6. The predicted octanol–water partition coefficient (Wildman–Crippen LogP) is 7.11. The minimum absolute atomic E-state index is 0.0130. The lowest BCUT2D eigenvalue weighted by Crippen LogP contribution is -2.30. The lowest BCUT2D eigenvalue weighted by molar-refractivity contribution is 0.0930. The summed E-state index contributed by atoms with van der Waals surface area (Å²) in [5, 5.41) is 5.50. The summed E-state index contributed by atoms with van der Waals surface area (Å²) in [5.74, 6) is 0.534. The number of benzene rings is 4. The Balaban J connectivity index is 1.63. The van der Waals surface area contributed by atoms with Gasteiger partial charge in [0.15, 0.2) is 0 Å². The van der Waals surface area contributed by atoms with Gasteiger partial charge in [-0.25, -0.2) is 0 Å². The van der Waals surface area contributed by atoms with Crippen molar-refractivity contribution in [2.75, 3.05) is 6.26 Å². The first-order chi connectivity index (χ1) is 15.3. The lowest BCUT2D eigenvalue weighted by Gasteiger charge is -2.22. The van der Waals surface area contributed by atoms with Crippen LogP contribution in [0.3, 0.4) is 0 Å². The molecule has 1 N–H and O–H groups in total. The number of amides is 1. The van der Waals surface area contributed by atoms with Crippen LogP contribution in [0.5, 0.6) is 0 Å². The average molecular weight is 424 g/mol. The van der Waals surface area contributed by atoms with Crippen LogP contribution < -0.4 is 5.32 Å². The first-order valence-corrected chi connectivity index (χ1v) is 12.0. The van der Waals surface area contributed by atoms with Crippen LogP contribution in [-0.2, 0) is 0 Å². The fraction of sp³-hybridized carbons (Fsp3) is 0.179. The van der Waals surface area contributed by atoms with Crippen molar-refractivity contribution in [1.29, 1.82) is 0 Å². The maximum Gasteiger partial charge on any atom is 0.253 e. The molecular weight excluding hydrogens is 398 g/mol. The summed E-state index contributed by atoms with van der Waals surface area (Å²) in [6.45, 7) is 0. The molecule has 1 atom stereocenters. The van der Waals surface area contributed by atoms with E-state index < -0.39 is 0 Å². The summed E-state index contributed by atoms with van der Waals surface area (Å²) < 4.78 is 0. The van der Waals surface area contributed by atoms with Gasteiger partial charge < -0.3 is 5.32 Å². The fourth-order valence-electron chi connectivity index (χ4n) is 4.37. The molecule has 1 aliphatic rings. The first-order valence-electron chi connectivity index (χ1n) is 10.8. The number of carbonyl (C=O) groups is 1. The largest absolute Gasteiger partial charge is 0.345 e. The number of fused-ring (bicyclic) bond motifs is 1. The van der Waals surface area contributed by atoms with Gasteiger partial charge in [-0.05, 0) is 58.5 Å². The maximum atomic E-state index is 13.8. The van der Waals surface area contributed by atoms with Gasteiger partial charge in [-0.2, -0.15) is 0 Å². The average Bonchev–Trinajstić information content (AvgIpc) is 3.67. The highest BCUT2D eigenvalue weighted by atomic mass is 32.2. The molecule has 0 spiro atoms. The molecule has 1 saturated carbocycles. The summed E-state index contributed by atoms with van der Waals surface area (Å²) in [5.41, 5.74) is 4.21. The van der Waals surface area contributed by atoms with Crippen LogP contribution in [-0.4, -0.2) is 12.2 Å². The third-order valence-electron chi connectivity index (χ3n) is 6.06. The lowest BCUT2D eigenvalue weighted by atomic mass is 9.95. The second kappa shape index (κ2) is 8.60. The minimum atomic E-state index is 0.0130. The number of nitrogens with one attached hydrogen (secondary N) is 1. The second-order valence-corrected chi connectivity index (χ2v) is 8.94. The molecular formula is C28H25NOS. The van der Waals surface area contributed by atoms with Crippen LogP contribution in [0.4, 0.5) is 0 Å². The SMILES string of the molecule is CSc1c(-c2ccccc2)cc2ccccc2c1C(=O)NC(c1ccccc1)C1CC1. The zero-order chi connectivity index (χ0) is 21.2. The van der Waals surface area contributed by atoms with Crippen LogP contribution >= 0.6 is 11.8 Å². The molecule has 2 nitrogen and oxygen atoms in total. The molecule has 0 radical (unpaired) electrons. The zero-order valence-corrected chi connectivity index (χ0v) is 18.4. The molecule has 1 amide bonds. The Morgan fingerprint density at radius 3 is 2.23 bits per heavy atom. The third kappa shape index (κ3) is 3.98. The maximum absolute atomic E-state index is 13.8. The monoisotopic (exact) mass is 423 g/mol. The molecule has 1 aliphatic carbocycles. The summed E-state index contributed by atoms with van der Waals surface area (Å²) in [7, 11) is 0. The van der Waals surface area contributed by atoms with Crippen LogP contribution in [0.25, 0.3) is 21.9 Å². The van der Waals surface area contributed by atoms with Crippen molar-refractivity contribution in [3.05, 3.63) is 102 Å². The van der Waals surface area contributed by atoms with E-state index in [-0.39, 0.29) is 11.9 Å². The standard InChI is InChI=1S/C28H25NOS/c1-31-27-24(19-10-4-2-5-11-19)18-22-14-8-9-15-23(22)25(27)28(30)29-26(21-16-17-21)20-12-6-3-7-13-20/h2-15,18,21,26H,16-17H2,1H3,(H,29,30). The van der Waals surface area contributed by atoms with Crippen LogP contribution in [0.2, 0.25) is 0 Å². The van der Waals surface area contributed by atoms with E-state index in [0.29, 0.717) is 5.92 Å². The van der Waals surface area contributed by atoms with Crippen molar-refractivity contribution in [2.45, 2.75) is 23.8 Å². The molecule has 0 aliphatic heterocycles. The quantitative estimate of drug-likeness (QED) is 0.335. The number of hydrogen-bond donors (Lipinski definition) is 1. The van der Waals surface area contributed by atoms with E-state index in [9.17, 15) is 4.79 Å². The highest BCUT2D eigenvalue weighted by Gasteiger charge is 2.34. The summed E-state index contributed by atoms with van der Waals surface area (Å²) in [6.07, 6.45) is 4.39. The molecule has 1 unspecified atom stereocenters. The molecule has 31 heavy (non-hydrogen) atoms. The van der Waals surface area contributed by atoms with Crippen LogP contribution in [0.1, 0.15) is 34.8 Å². The Hall–Kier alpha value is -3.04. The highest BCUT2D eigenvalue weighted by molar-refractivity contribution is 7.98. The Kier molecular flexibility index (Phi) is 5.52. The van der Waals surface area contributed by atoms with Gasteiger partial charge >= 0.3 is 0 Å². The summed E-state index contributed by atoms with van der Waals surface area (Å²) >= 11 is 1.65. The molecule has 5 rings (SSSR count). The van der Waals surface area contributed by atoms with Gasteiger partial charge in [-0.1, -0.05) is 84.9 Å². The van der Waals surface area contributed by atoms with Crippen molar-refractivity contribution in [3.63, 3.8) is 0 Å². The molecule has 0 bridgehead atoms. The molecule has 0 aromatic heterocycles. The fourth-order valence-corrected chi connectivity index (χ4v) is 5.18. The van der Waals surface area contributed by atoms with E-state index in [1.807, 2.05) is 36.4 Å². The van der Waals surface area contributed by atoms with E-state index in [1.54, 1.807) is 11.8 Å². The van der Waals surface area contributed by atoms with Crippen molar-refractivity contribution in [3.8, 4) is 11.1 Å². The molecule has 154 valence electrons. The molecule has 0 heterocycles. The Bertz CT molecular complexity index is 1220. The normalized spacial score (nSPS) is 14.4. The van der Waals surface area contributed by atoms with E-state index in [1.165, 1.54) is 18.4 Å². The van der Waals surface area contributed by atoms with Gasteiger partial charge in [0.05, 0.1) is 11.6 Å². The smallest absolute Gasteiger partial charge is 0.253 e. The van der Waals surface area contributed by atoms with Gasteiger partial charge in [0.25, 0.3) is 5.91 Å². The molecule has 0 saturated heterocycles. The summed E-state index contributed by atoms with van der Waals surface area (Å²) in [6, 6.07) is 31.2. The van der Waals surface area contributed by atoms with Crippen molar-refractivity contribution >= 4 is 28.4 Å². The Labute approximate surface area is 187 Å². The number of hydrogen-bond acceptors (Lipinski definition) is 2. The van der Waals surface area contributed by atoms with Crippen molar-refractivity contribution < 1.29 is 4.79 Å². The van der Waals surface area contributed by atoms with E-state index >= 15 is 0 Å². The summed E-state index contributed by atoms with van der Waals surface area (Å²) in [4.78, 5) is 14.8. The van der Waals surface area contributed by atoms with Gasteiger partial charge in [0.1, 0.15) is 0 Å². The van der Waals surface area contributed by atoms with Gasteiger partial charge in [-0.3, -0.25) is 4.79 Å². The topological polar surface area (TPSA) is 29.1 Å². The van der Waals surface area contributed by atoms with Gasteiger partial charge in [0, 0.05) is 4.90 Å². The zero-order valence-electron chi connectivity index (χ0n) is 17.5. The van der Waals surface area contributed by atoms with Crippen LogP contribution in [0.15, 0.2) is 95.9 Å². The first kappa shape index (κ1) is 19.9. The molecule has 1 fully saturated rings. The highest BCUT2D eigenvalue weighted by Crippen LogP contribution is 2.42. The number of carbonyl (C=O) groups excluding carboxylic acids is 1. The second-order valence-electron chi connectivity index (χ2n) is 8.12. The van der Waals surface area contributed by atoms with Gasteiger partial charge in [-0.15, -0.1) is 11.8 Å². The van der Waals surface area contributed by atoms with Crippen LogP contribution in [0, 0.1) is 5.92 Å². The van der Waals surface area contributed by atoms with Crippen molar-refractivity contribution in [2.24, 2.45) is 5.92 Å². The predicted molar refractivity (Wildman–Crippen MR) is 131 cm³/mol. The van der Waals surface area contributed by atoms with E-state index in [2.05, 4.69) is 66.2 Å². The minimum Gasteiger partial charge on any atom is -0.345 e. The molecule has 4 aromatic rings. The third-order valence-corrected chi connectivity index (χ3v) is 6.89. The van der Waals surface area contributed by atoms with E-state index in [4.69, 9.17) is 0 Å². The van der Waals surface area contributed by atoms with Gasteiger partial charge in [0.2, 0.25) is 0 Å². The molecule has 4 aromatic carbocycles. The van der Waals surface area contributed by atoms with E-state index in [0.717, 1.165) is 32.4 Å². The Morgan fingerprint density at radius 1 is 0.903 bits per heavy atom.